The predicted octanol–water partition coefficient (Wildman–Crippen LogP) is 2.57. The Balaban J connectivity index is 2.03. The number of methoxy groups -OCH3 is 1. The highest BCUT2D eigenvalue weighted by molar-refractivity contribution is 5.95. The van der Waals surface area contributed by atoms with Crippen LogP contribution in [0.25, 0.3) is 0 Å². The molecular weight excluding hydrogens is 330 g/mol. The van der Waals surface area contributed by atoms with Crippen LogP contribution in [0.3, 0.4) is 0 Å². The van der Waals surface area contributed by atoms with Crippen LogP contribution in [0.15, 0.2) is 29.5 Å². The van der Waals surface area contributed by atoms with Crippen molar-refractivity contribution in [3.05, 3.63) is 46.2 Å². The van der Waals surface area contributed by atoms with Crippen LogP contribution in [0.5, 0.6) is 0 Å². The third-order valence-corrected chi connectivity index (χ3v) is 5.14. The molecule has 26 heavy (non-hydrogen) atoms. The van der Waals surface area contributed by atoms with Crippen molar-refractivity contribution >= 4 is 12.0 Å². The van der Waals surface area contributed by atoms with Gasteiger partial charge in [0.2, 0.25) is 0 Å². The van der Waals surface area contributed by atoms with Gasteiger partial charge < -0.3 is 15.4 Å². The maximum absolute atomic E-state index is 12.6. The van der Waals surface area contributed by atoms with E-state index in [2.05, 4.69) is 15.5 Å². The molecule has 2 heterocycles. The highest BCUT2D eigenvalue weighted by Gasteiger charge is 2.34. The van der Waals surface area contributed by atoms with Crippen molar-refractivity contribution in [2.45, 2.75) is 39.2 Å². The molecule has 140 valence electrons. The van der Waals surface area contributed by atoms with Gasteiger partial charge in [-0.2, -0.15) is 0 Å². The number of esters is 1. The number of ether oxygens (including phenoxy) is 1. The van der Waals surface area contributed by atoms with Crippen molar-refractivity contribution in [1.82, 2.24) is 15.5 Å². The monoisotopic (exact) mass is 357 g/mol. The van der Waals surface area contributed by atoms with E-state index in [0.717, 1.165) is 42.6 Å². The van der Waals surface area contributed by atoms with Gasteiger partial charge in [-0.05, 0) is 50.9 Å². The zero-order valence-electron chi connectivity index (χ0n) is 15.7. The molecule has 0 bridgehead atoms. The molecular formula is C20H27N3O3. The van der Waals surface area contributed by atoms with Crippen molar-refractivity contribution in [1.29, 1.82) is 0 Å². The first-order valence-corrected chi connectivity index (χ1v) is 9.18. The van der Waals surface area contributed by atoms with Crippen LogP contribution >= 0.6 is 0 Å². The molecule has 2 aliphatic rings. The van der Waals surface area contributed by atoms with Crippen molar-refractivity contribution in [3.8, 4) is 0 Å². The van der Waals surface area contributed by atoms with E-state index in [1.54, 1.807) is 0 Å². The molecule has 2 aliphatic heterocycles. The summed E-state index contributed by atoms with van der Waals surface area (Å²) in [6.07, 6.45) is 3.53. The minimum atomic E-state index is -0.504. The molecule has 1 atom stereocenters. The molecule has 6 heteroatoms. The first-order valence-electron chi connectivity index (χ1n) is 9.18. The molecule has 0 saturated carbocycles. The molecule has 6 nitrogen and oxygen atoms in total. The first-order chi connectivity index (χ1) is 12.5. The maximum Gasteiger partial charge on any atom is 0.338 e. The number of likely N-dealkylation sites (tertiary alicyclic amines) is 1. The number of piperidine rings is 1. The second-order valence-corrected chi connectivity index (χ2v) is 7.11. The van der Waals surface area contributed by atoms with E-state index in [-0.39, 0.29) is 6.03 Å². The topological polar surface area (TPSA) is 70.7 Å². The fourth-order valence-corrected chi connectivity index (χ4v) is 3.74. The summed E-state index contributed by atoms with van der Waals surface area (Å²) in [4.78, 5) is 27.2. The van der Waals surface area contributed by atoms with E-state index in [1.807, 2.05) is 32.0 Å². The molecule has 1 aromatic carbocycles. The van der Waals surface area contributed by atoms with Crippen LogP contribution in [-0.2, 0) is 9.53 Å². The highest BCUT2D eigenvalue weighted by atomic mass is 16.5. The van der Waals surface area contributed by atoms with Gasteiger partial charge in [0.25, 0.3) is 0 Å². The van der Waals surface area contributed by atoms with Gasteiger partial charge in [-0.1, -0.05) is 30.2 Å². The summed E-state index contributed by atoms with van der Waals surface area (Å²) in [7, 11) is 1.38. The number of carbonyl (C=O) groups excluding carboxylic acids is 2. The lowest BCUT2D eigenvalue weighted by atomic mass is 9.91. The molecule has 2 amide bonds. The Bertz CT molecular complexity index is 736. The molecule has 1 unspecified atom stereocenters. The quantitative estimate of drug-likeness (QED) is 0.813. The lowest BCUT2D eigenvalue weighted by Gasteiger charge is -2.33. The molecule has 0 spiro atoms. The Morgan fingerprint density at radius 2 is 1.96 bits per heavy atom. The zero-order chi connectivity index (χ0) is 18.7. The number of benzene rings is 1. The average Bonchev–Trinajstić information content (AvgIpc) is 2.63. The molecule has 1 saturated heterocycles. The van der Waals surface area contributed by atoms with E-state index < -0.39 is 12.0 Å². The first kappa shape index (κ1) is 18.5. The Hall–Kier alpha value is -2.34. The second kappa shape index (κ2) is 7.91. The molecule has 0 radical (unpaired) electrons. The van der Waals surface area contributed by atoms with Gasteiger partial charge in [-0.3, -0.25) is 4.90 Å². The Morgan fingerprint density at radius 1 is 1.23 bits per heavy atom. The van der Waals surface area contributed by atoms with Crippen LogP contribution in [0.1, 0.15) is 42.0 Å². The third kappa shape index (κ3) is 3.90. The molecule has 1 aromatic rings. The van der Waals surface area contributed by atoms with Crippen LogP contribution < -0.4 is 10.6 Å². The number of carbonyl (C=O) groups is 2. The van der Waals surface area contributed by atoms with Gasteiger partial charge in [0.15, 0.2) is 0 Å². The summed E-state index contributed by atoms with van der Waals surface area (Å²) in [5.41, 5.74) is 4.18. The zero-order valence-corrected chi connectivity index (χ0v) is 15.7. The normalized spacial score (nSPS) is 21.2. The number of aryl methyl sites for hydroxylation is 2. The minimum absolute atomic E-state index is 0.282. The van der Waals surface area contributed by atoms with Crippen LogP contribution in [0.2, 0.25) is 0 Å². The number of rotatable bonds is 4. The maximum atomic E-state index is 12.6. The number of urea groups is 1. The standard InChI is InChI=1S/C20H27N3O3/c1-13-7-8-14(2)15(11-13)18-17(19(24)26-3)16(21-20(25)22-18)12-23-9-5-4-6-10-23/h7-8,11,18H,4-6,9-10,12H2,1-3H3,(H2,21,22,25). The number of hydrogen-bond donors (Lipinski definition) is 2. The number of hydrogen-bond acceptors (Lipinski definition) is 4. The van der Waals surface area contributed by atoms with Crippen LogP contribution in [-0.4, -0.2) is 43.6 Å². The lowest BCUT2D eigenvalue weighted by Crippen LogP contribution is -2.49. The summed E-state index contributed by atoms with van der Waals surface area (Å²) in [6.45, 7) is 6.51. The fourth-order valence-electron chi connectivity index (χ4n) is 3.74. The smallest absolute Gasteiger partial charge is 0.338 e. The number of nitrogens with one attached hydrogen (secondary N) is 2. The van der Waals surface area contributed by atoms with E-state index in [9.17, 15) is 9.59 Å². The Kier molecular flexibility index (Phi) is 5.61. The summed E-state index contributed by atoms with van der Waals surface area (Å²) in [6, 6.07) is 5.27. The third-order valence-electron chi connectivity index (χ3n) is 5.14. The average molecular weight is 357 g/mol. The fraction of sp³-hybridized carbons (Fsp3) is 0.500. The predicted molar refractivity (Wildman–Crippen MR) is 99.7 cm³/mol. The van der Waals surface area contributed by atoms with Gasteiger partial charge in [0, 0.05) is 12.2 Å². The lowest BCUT2D eigenvalue weighted by molar-refractivity contribution is -0.136. The second-order valence-electron chi connectivity index (χ2n) is 7.11. The van der Waals surface area contributed by atoms with Crippen LogP contribution in [0.4, 0.5) is 4.79 Å². The molecule has 0 aromatic heterocycles. The van der Waals surface area contributed by atoms with Gasteiger partial charge >= 0.3 is 12.0 Å². The van der Waals surface area contributed by atoms with Crippen molar-refractivity contribution < 1.29 is 14.3 Å². The van der Waals surface area contributed by atoms with Crippen LogP contribution in [0, 0.1) is 13.8 Å². The van der Waals surface area contributed by atoms with Gasteiger partial charge in [-0.15, -0.1) is 0 Å². The minimum Gasteiger partial charge on any atom is -0.466 e. The summed E-state index contributed by atoms with van der Waals surface area (Å²) in [5, 5.41) is 5.76. The summed E-state index contributed by atoms with van der Waals surface area (Å²) >= 11 is 0. The Morgan fingerprint density at radius 3 is 2.65 bits per heavy atom. The summed E-state index contributed by atoms with van der Waals surface area (Å²) in [5.74, 6) is -0.407. The van der Waals surface area contributed by atoms with Crippen molar-refractivity contribution in [2.75, 3.05) is 26.7 Å². The molecule has 2 N–H and O–H groups in total. The van der Waals surface area contributed by atoms with Crippen molar-refractivity contribution in [3.63, 3.8) is 0 Å². The van der Waals surface area contributed by atoms with E-state index >= 15 is 0 Å². The van der Waals surface area contributed by atoms with E-state index in [4.69, 9.17) is 4.74 Å². The molecule has 3 rings (SSSR count). The largest absolute Gasteiger partial charge is 0.466 e. The highest BCUT2D eigenvalue weighted by Crippen LogP contribution is 2.31. The van der Waals surface area contributed by atoms with Gasteiger partial charge in [0.05, 0.1) is 18.7 Å². The number of amides is 2. The molecule has 0 aliphatic carbocycles. The molecule has 1 fully saturated rings. The van der Waals surface area contributed by atoms with E-state index in [1.165, 1.54) is 13.5 Å². The number of nitrogens with zero attached hydrogens (tertiary/aromatic N) is 1. The summed E-state index contributed by atoms with van der Waals surface area (Å²) < 4.78 is 5.06. The van der Waals surface area contributed by atoms with Gasteiger partial charge in [-0.25, -0.2) is 9.59 Å². The van der Waals surface area contributed by atoms with E-state index in [0.29, 0.717) is 17.8 Å². The van der Waals surface area contributed by atoms with Gasteiger partial charge in [0.1, 0.15) is 0 Å². The van der Waals surface area contributed by atoms with Crippen molar-refractivity contribution in [2.24, 2.45) is 0 Å². The SMILES string of the molecule is COC(=O)C1=C(CN2CCCCC2)NC(=O)NC1c1cc(C)ccc1C. The Labute approximate surface area is 154 Å².